The highest BCUT2D eigenvalue weighted by Crippen LogP contribution is 2.25. The molecule has 3 rings (SSSR count). The fourth-order valence-corrected chi connectivity index (χ4v) is 2.63. The molecule has 1 saturated heterocycles. The van der Waals surface area contributed by atoms with Gasteiger partial charge in [0.15, 0.2) is 0 Å². The number of nitrogens with zero attached hydrogens (tertiary/aromatic N) is 2. The Morgan fingerprint density at radius 1 is 1.40 bits per heavy atom. The minimum atomic E-state index is 0.274. The Labute approximate surface area is 118 Å². The highest BCUT2D eigenvalue weighted by Gasteiger charge is 2.18. The standard InChI is InChI=1S/C15H20N4O/c1-19-7-3-6-13(10-19)20-12-5-2-4-11(8-12)14-9-15(16)18-17-14/h2,4-5,8-9,13H,3,6-7,10H2,1H3,(H3,16,17,18). The average molecular weight is 272 g/mol. The molecule has 1 aliphatic rings. The van der Waals surface area contributed by atoms with Crippen LogP contribution in [0.1, 0.15) is 12.8 Å². The van der Waals surface area contributed by atoms with Gasteiger partial charge in [0, 0.05) is 18.2 Å². The summed E-state index contributed by atoms with van der Waals surface area (Å²) in [6, 6.07) is 9.87. The van der Waals surface area contributed by atoms with Gasteiger partial charge < -0.3 is 15.4 Å². The van der Waals surface area contributed by atoms with Crippen LogP contribution in [0.15, 0.2) is 30.3 Å². The van der Waals surface area contributed by atoms with Gasteiger partial charge in [-0.3, -0.25) is 5.10 Å². The predicted octanol–water partition coefficient (Wildman–Crippen LogP) is 2.13. The third kappa shape index (κ3) is 2.93. The number of likely N-dealkylation sites (N-methyl/N-ethyl adjacent to an activating group) is 1. The molecule has 2 aromatic rings. The van der Waals surface area contributed by atoms with Crippen molar-refractivity contribution < 1.29 is 4.74 Å². The van der Waals surface area contributed by atoms with Crippen molar-refractivity contribution in [2.24, 2.45) is 0 Å². The second kappa shape index (κ2) is 5.54. The number of hydrogen-bond acceptors (Lipinski definition) is 4. The van der Waals surface area contributed by atoms with Crippen LogP contribution in [0.4, 0.5) is 5.82 Å². The molecule has 1 aromatic heterocycles. The maximum absolute atomic E-state index is 6.09. The molecule has 1 atom stereocenters. The third-order valence-electron chi connectivity index (χ3n) is 3.63. The van der Waals surface area contributed by atoms with Crippen molar-refractivity contribution in [2.75, 3.05) is 25.9 Å². The highest BCUT2D eigenvalue weighted by molar-refractivity contribution is 5.63. The first-order valence-electron chi connectivity index (χ1n) is 6.97. The number of aromatic amines is 1. The molecule has 0 bridgehead atoms. The summed E-state index contributed by atoms with van der Waals surface area (Å²) in [6.45, 7) is 2.15. The lowest BCUT2D eigenvalue weighted by Crippen LogP contribution is -2.38. The fourth-order valence-electron chi connectivity index (χ4n) is 2.63. The van der Waals surface area contributed by atoms with Crippen molar-refractivity contribution in [3.63, 3.8) is 0 Å². The normalized spacial score (nSPS) is 19.9. The van der Waals surface area contributed by atoms with Crippen molar-refractivity contribution in [1.82, 2.24) is 15.1 Å². The number of aromatic nitrogens is 2. The lowest BCUT2D eigenvalue weighted by molar-refractivity contribution is 0.104. The van der Waals surface area contributed by atoms with E-state index < -0.39 is 0 Å². The van der Waals surface area contributed by atoms with Crippen LogP contribution >= 0.6 is 0 Å². The van der Waals surface area contributed by atoms with Crippen molar-refractivity contribution in [3.05, 3.63) is 30.3 Å². The van der Waals surface area contributed by atoms with Crippen molar-refractivity contribution >= 4 is 5.82 Å². The minimum Gasteiger partial charge on any atom is -0.489 e. The molecule has 3 N–H and O–H groups in total. The Bertz CT molecular complexity index is 581. The van der Waals surface area contributed by atoms with Gasteiger partial charge in [-0.15, -0.1) is 0 Å². The maximum Gasteiger partial charge on any atom is 0.145 e. The van der Waals surface area contributed by atoms with E-state index in [4.69, 9.17) is 10.5 Å². The number of nitrogen functional groups attached to an aromatic ring is 1. The molecule has 1 unspecified atom stereocenters. The second-order valence-corrected chi connectivity index (χ2v) is 5.38. The van der Waals surface area contributed by atoms with E-state index in [1.807, 2.05) is 30.3 Å². The zero-order valence-electron chi connectivity index (χ0n) is 11.7. The van der Waals surface area contributed by atoms with Crippen LogP contribution in [-0.4, -0.2) is 41.3 Å². The Balaban J connectivity index is 1.74. The molecule has 0 radical (unpaired) electrons. The Morgan fingerprint density at radius 2 is 2.30 bits per heavy atom. The molecular weight excluding hydrogens is 252 g/mol. The molecule has 1 aromatic carbocycles. The first-order chi connectivity index (χ1) is 9.70. The molecule has 0 saturated carbocycles. The summed E-state index contributed by atoms with van der Waals surface area (Å²) in [5, 5.41) is 6.87. The van der Waals surface area contributed by atoms with E-state index >= 15 is 0 Å². The topological polar surface area (TPSA) is 67.2 Å². The molecule has 106 valence electrons. The summed E-state index contributed by atoms with van der Waals surface area (Å²) in [7, 11) is 2.14. The second-order valence-electron chi connectivity index (χ2n) is 5.38. The molecule has 5 nitrogen and oxygen atoms in total. The largest absolute Gasteiger partial charge is 0.489 e. The Hall–Kier alpha value is -2.01. The van der Waals surface area contributed by atoms with Crippen LogP contribution < -0.4 is 10.5 Å². The van der Waals surface area contributed by atoms with E-state index in [9.17, 15) is 0 Å². The van der Waals surface area contributed by atoms with Gasteiger partial charge in [-0.1, -0.05) is 12.1 Å². The first kappa shape index (κ1) is 13.0. The first-order valence-corrected chi connectivity index (χ1v) is 6.97. The zero-order valence-corrected chi connectivity index (χ0v) is 11.7. The number of nitrogens with two attached hydrogens (primary N) is 1. The number of anilines is 1. The highest BCUT2D eigenvalue weighted by atomic mass is 16.5. The van der Waals surface area contributed by atoms with Crippen LogP contribution in [0.25, 0.3) is 11.3 Å². The van der Waals surface area contributed by atoms with E-state index in [-0.39, 0.29) is 6.10 Å². The van der Waals surface area contributed by atoms with Gasteiger partial charge in [-0.2, -0.15) is 5.10 Å². The van der Waals surface area contributed by atoms with Crippen LogP contribution in [0.2, 0.25) is 0 Å². The van der Waals surface area contributed by atoms with Crippen molar-refractivity contribution in [3.8, 4) is 17.0 Å². The molecular formula is C15H20N4O. The van der Waals surface area contributed by atoms with E-state index in [0.717, 1.165) is 36.5 Å². The number of H-pyrrole nitrogens is 1. The number of benzene rings is 1. The minimum absolute atomic E-state index is 0.274. The molecule has 0 spiro atoms. The van der Waals surface area contributed by atoms with E-state index in [1.165, 1.54) is 6.42 Å². The zero-order chi connectivity index (χ0) is 13.9. The molecule has 0 amide bonds. The lowest BCUT2D eigenvalue weighted by atomic mass is 10.1. The molecule has 1 fully saturated rings. The van der Waals surface area contributed by atoms with Gasteiger partial charge in [0.2, 0.25) is 0 Å². The molecule has 1 aliphatic heterocycles. The van der Waals surface area contributed by atoms with Crippen LogP contribution in [0.5, 0.6) is 5.75 Å². The van der Waals surface area contributed by atoms with E-state index in [0.29, 0.717) is 5.82 Å². The third-order valence-corrected chi connectivity index (χ3v) is 3.63. The van der Waals surface area contributed by atoms with Crippen molar-refractivity contribution in [2.45, 2.75) is 18.9 Å². The van der Waals surface area contributed by atoms with Gasteiger partial charge >= 0.3 is 0 Å². The van der Waals surface area contributed by atoms with Gasteiger partial charge in [0.1, 0.15) is 17.7 Å². The summed E-state index contributed by atoms with van der Waals surface area (Å²) in [5.74, 6) is 1.40. The molecule has 20 heavy (non-hydrogen) atoms. The van der Waals surface area contributed by atoms with Crippen LogP contribution in [0, 0.1) is 0 Å². The van der Waals surface area contributed by atoms with Crippen LogP contribution in [-0.2, 0) is 0 Å². The van der Waals surface area contributed by atoms with Gasteiger partial charge in [-0.25, -0.2) is 0 Å². The number of likely N-dealkylation sites (tertiary alicyclic amines) is 1. The predicted molar refractivity (Wildman–Crippen MR) is 79.6 cm³/mol. The number of ether oxygens (including phenoxy) is 1. The summed E-state index contributed by atoms with van der Waals surface area (Å²) >= 11 is 0. The monoisotopic (exact) mass is 272 g/mol. The number of piperidine rings is 1. The number of hydrogen-bond donors (Lipinski definition) is 2. The van der Waals surface area contributed by atoms with Gasteiger partial charge in [0.05, 0.1) is 5.69 Å². The molecule has 5 heteroatoms. The molecule has 2 heterocycles. The summed E-state index contributed by atoms with van der Waals surface area (Å²) in [5.41, 5.74) is 7.59. The Morgan fingerprint density at radius 3 is 3.05 bits per heavy atom. The lowest BCUT2D eigenvalue weighted by Gasteiger charge is -2.30. The summed E-state index contributed by atoms with van der Waals surface area (Å²) in [6.07, 6.45) is 2.58. The van der Waals surface area contributed by atoms with E-state index in [1.54, 1.807) is 0 Å². The van der Waals surface area contributed by atoms with Crippen molar-refractivity contribution in [1.29, 1.82) is 0 Å². The van der Waals surface area contributed by atoms with Gasteiger partial charge in [-0.05, 0) is 38.6 Å². The summed E-state index contributed by atoms with van der Waals surface area (Å²) < 4.78 is 6.09. The SMILES string of the molecule is CN1CCCC(Oc2cccc(-c3cc(N)n[nH]3)c2)C1. The van der Waals surface area contributed by atoms with Gasteiger partial charge in [0.25, 0.3) is 0 Å². The summed E-state index contributed by atoms with van der Waals surface area (Å²) in [4.78, 5) is 2.31. The quantitative estimate of drug-likeness (QED) is 0.898. The maximum atomic E-state index is 6.09. The average Bonchev–Trinajstić information content (AvgIpc) is 2.86. The number of nitrogens with one attached hydrogen (secondary N) is 1. The van der Waals surface area contributed by atoms with Crippen LogP contribution in [0.3, 0.4) is 0 Å². The smallest absolute Gasteiger partial charge is 0.145 e. The Kier molecular flexibility index (Phi) is 3.60. The fraction of sp³-hybridized carbons (Fsp3) is 0.400. The molecule has 0 aliphatic carbocycles. The number of rotatable bonds is 3. The van der Waals surface area contributed by atoms with E-state index in [2.05, 4.69) is 22.1 Å².